The third-order valence-corrected chi connectivity index (χ3v) is 6.38. The van der Waals surface area contributed by atoms with Gasteiger partial charge in [-0.2, -0.15) is 0 Å². The minimum absolute atomic E-state index is 0.126. The van der Waals surface area contributed by atoms with Gasteiger partial charge in [-0.15, -0.1) is 0 Å². The Hall–Kier alpha value is -4.25. The molecule has 2 unspecified atom stereocenters. The SMILES string of the molecule is CN1C(=O)C(CC2=CC=CC(c3ccccc3)C=C2)N=C(c2ccc(O)cc2)c2cc(F)ccc21. The topological polar surface area (TPSA) is 52.9 Å². The van der Waals surface area contributed by atoms with E-state index in [0.29, 0.717) is 28.9 Å². The molecule has 1 N–H and O–H groups in total. The fourth-order valence-corrected chi connectivity index (χ4v) is 4.50. The number of halogens is 1. The van der Waals surface area contributed by atoms with Gasteiger partial charge in [0.25, 0.3) is 5.91 Å². The van der Waals surface area contributed by atoms with E-state index in [-0.39, 0.29) is 17.6 Å². The lowest BCUT2D eigenvalue weighted by molar-refractivity contribution is -0.119. The highest BCUT2D eigenvalue weighted by molar-refractivity contribution is 6.20. The number of benzene rings is 3. The predicted octanol–water partition coefficient (Wildman–Crippen LogP) is 5.94. The summed E-state index contributed by atoms with van der Waals surface area (Å²) in [7, 11) is 1.70. The molecule has 0 spiro atoms. The third kappa shape index (κ3) is 4.71. The Morgan fingerprint density at radius 1 is 1.00 bits per heavy atom. The highest BCUT2D eigenvalue weighted by Gasteiger charge is 2.30. The van der Waals surface area contributed by atoms with Gasteiger partial charge in [-0.1, -0.05) is 60.7 Å². The van der Waals surface area contributed by atoms with Crippen LogP contribution in [-0.4, -0.2) is 29.8 Å². The van der Waals surface area contributed by atoms with Gasteiger partial charge in [0.15, 0.2) is 0 Å². The number of amides is 1. The maximum atomic E-state index is 14.3. The average Bonchev–Trinajstić information content (AvgIpc) is 3.16. The lowest BCUT2D eigenvalue weighted by Crippen LogP contribution is -2.35. The van der Waals surface area contributed by atoms with Crippen molar-refractivity contribution in [3.8, 4) is 5.75 Å². The molecule has 0 bridgehead atoms. The minimum atomic E-state index is -0.683. The number of hydrogen-bond acceptors (Lipinski definition) is 3. The number of anilines is 1. The smallest absolute Gasteiger partial charge is 0.251 e. The zero-order chi connectivity index (χ0) is 24.4. The molecule has 1 aliphatic carbocycles. The lowest BCUT2D eigenvalue weighted by Gasteiger charge is -2.20. The summed E-state index contributed by atoms with van der Waals surface area (Å²) in [6.07, 6.45) is 10.8. The molecule has 5 rings (SSSR count). The second kappa shape index (κ2) is 9.55. The van der Waals surface area contributed by atoms with E-state index < -0.39 is 11.9 Å². The van der Waals surface area contributed by atoms with E-state index in [1.54, 1.807) is 42.3 Å². The number of allylic oxidation sites excluding steroid dienone is 5. The van der Waals surface area contributed by atoms with Crippen LogP contribution >= 0.6 is 0 Å². The van der Waals surface area contributed by atoms with Crippen LogP contribution in [0.3, 0.4) is 0 Å². The summed E-state index contributed by atoms with van der Waals surface area (Å²) in [6.45, 7) is 0. The van der Waals surface area contributed by atoms with E-state index in [4.69, 9.17) is 4.99 Å². The first-order valence-electron chi connectivity index (χ1n) is 11.5. The summed E-state index contributed by atoms with van der Waals surface area (Å²) < 4.78 is 14.3. The molecule has 1 aliphatic heterocycles. The Bertz CT molecular complexity index is 1370. The molecule has 1 amide bonds. The van der Waals surface area contributed by atoms with E-state index in [1.807, 2.05) is 30.4 Å². The molecule has 0 fully saturated rings. The molecule has 2 atom stereocenters. The predicted molar refractivity (Wildman–Crippen MR) is 138 cm³/mol. The Labute approximate surface area is 204 Å². The first-order chi connectivity index (χ1) is 17.0. The van der Waals surface area contributed by atoms with Crippen LogP contribution in [0.2, 0.25) is 0 Å². The quantitative estimate of drug-likeness (QED) is 0.520. The molecule has 174 valence electrons. The van der Waals surface area contributed by atoms with E-state index in [0.717, 1.165) is 5.57 Å². The monoisotopic (exact) mass is 464 g/mol. The fraction of sp³-hybridized carbons (Fsp3) is 0.133. The van der Waals surface area contributed by atoms with Gasteiger partial charge in [0.05, 0.1) is 11.4 Å². The molecule has 0 saturated heterocycles. The number of fused-ring (bicyclic) bond motifs is 1. The number of aromatic hydroxyl groups is 1. The summed E-state index contributed by atoms with van der Waals surface area (Å²) in [5, 5.41) is 9.75. The Morgan fingerprint density at radius 2 is 1.77 bits per heavy atom. The van der Waals surface area contributed by atoms with Crippen LogP contribution < -0.4 is 4.90 Å². The summed E-state index contributed by atoms with van der Waals surface area (Å²) >= 11 is 0. The molecule has 35 heavy (non-hydrogen) atoms. The number of aliphatic imine (C=N–C) groups is 1. The Kier molecular flexibility index (Phi) is 6.15. The molecule has 0 saturated carbocycles. The molecule has 4 nitrogen and oxygen atoms in total. The van der Waals surface area contributed by atoms with E-state index in [2.05, 4.69) is 30.4 Å². The van der Waals surface area contributed by atoms with Gasteiger partial charge >= 0.3 is 0 Å². The van der Waals surface area contributed by atoms with Crippen molar-refractivity contribution in [3.05, 3.63) is 131 Å². The van der Waals surface area contributed by atoms with Crippen molar-refractivity contribution in [1.82, 2.24) is 0 Å². The number of likely N-dealkylation sites (N-methyl/N-ethyl adjacent to an activating group) is 1. The van der Waals surface area contributed by atoms with Crippen LogP contribution in [0.25, 0.3) is 0 Å². The van der Waals surface area contributed by atoms with Gasteiger partial charge in [0.1, 0.15) is 17.6 Å². The highest BCUT2D eigenvalue weighted by atomic mass is 19.1. The average molecular weight is 465 g/mol. The standard InChI is InChI=1S/C30H25FN2O2/c1-33-28-17-14-24(31)19-26(28)29(23-12-15-25(34)16-13-23)32-27(30(33)35)18-20-6-5-9-22(11-10-20)21-7-3-2-4-8-21/h2-17,19,22,27,34H,18H2,1H3. The van der Waals surface area contributed by atoms with Crippen molar-refractivity contribution in [2.75, 3.05) is 11.9 Å². The number of phenolic OH excluding ortho intramolecular Hbond substituents is 1. The van der Waals surface area contributed by atoms with Gasteiger partial charge in [-0.05, 0) is 53.6 Å². The molecule has 5 heteroatoms. The van der Waals surface area contributed by atoms with Crippen molar-refractivity contribution in [2.24, 2.45) is 4.99 Å². The second-order valence-electron chi connectivity index (χ2n) is 8.73. The van der Waals surface area contributed by atoms with Crippen LogP contribution in [0.15, 0.2) is 114 Å². The summed E-state index contributed by atoms with van der Waals surface area (Å²) in [5.41, 5.74) is 4.56. The van der Waals surface area contributed by atoms with E-state index >= 15 is 0 Å². The first kappa shape index (κ1) is 22.5. The van der Waals surface area contributed by atoms with Gasteiger partial charge in [0.2, 0.25) is 0 Å². The second-order valence-corrected chi connectivity index (χ2v) is 8.73. The fourth-order valence-electron chi connectivity index (χ4n) is 4.50. The van der Waals surface area contributed by atoms with Gasteiger partial charge in [-0.25, -0.2) is 4.39 Å². The molecular weight excluding hydrogens is 439 g/mol. The van der Waals surface area contributed by atoms with Gasteiger partial charge in [-0.3, -0.25) is 9.79 Å². The van der Waals surface area contributed by atoms with E-state index in [1.165, 1.54) is 17.7 Å². The summed E-state index contributed by atoms with van der Waals surface area (Å²) in [4.78, 5) is 19.9. The normalized spacial score (nSPS) is 19.5. The molecule has 0 aromatic heterocycles. The van der Waals surface area contributed by atoms with Crippen molar-refractivity contribution in [3.63, 3.8) is 0 Å². The van der Waals surface area contributed by atoms with Crippen LogP contribution in [0.4, 0.5) is 10.1 Å². The summed E-state index contributed by atoms with van der Waals surface area (Å²) in [6, 6.07) is 20.5. The molecule has 1 heterocycles. The van der Waals surface area contributed by atoms with Crippen LogP contribution in [-0.2, 0) is 4.79 Å². The third-order valence-electron chi connectivity index (χ3n) is 6.38. The van der Waals surface area contributed by atoms with Crippen molar-refractivity contribution < 1.29 is 14.3 Å². The first-order valence-corrected chi connectivity index (χ1v) is 11.5. The molecule has 3 aromatic rings. The van der Waals surface area contributed by atoms with Crippen LogP contribution in [0.5, 0.6) is 5.75 Å². The van der Waals surface area contributed by atoms with Crippen LogP contribution in [0, 0.1) is 5.82 Å². The zero-order valence-electron chi connectivity index (χ0n) is 19.3. The number of rotatable bonds is 4. The largest absolute Gasteiger partial charge is 0.508 e. The highest BCUT2D eigenvalue weighted by Crippen LogP contribution is 2.31. The maximum absolute atomic E-state index is 14.3. The lowest BCUT2D eigenvalue weighted by atomic mass is 9.98. The van der Waals surface area contributed by atoms with Crippen molar-refractivity contribution in [2.45, 2.75) is 18.4 Å². The molecule has 3 aromatic carbocycles. The van der Waals surface area contributed by atoms with Crippen molar-refractivity contribution >= 4 is 17.3 Å². The number of benzodiazepines with no additional fused rings is 1. The zero-order valence-corrected chi connectivity index (χ0v) is 19.3. The minimum Gasteiger partial charge on any atom is -0.508 e. The Balaban J connectivity index is 1.51. The Morgan fingerprint density at radius 3 is 2.54 bits per heavy atom. The van der Waals surface area contributed by atoms with Gasteiger partial charge in [0, 0.05) is 30.5 Å². The van der Waals surface area contributed by atoms with E-state index in [9.17, 15) is 14.3 Å². The number of phenols is 1. The van der Waals surface area contributed by atoms with Crippen molar-refractivity contribution in [1.29, 1.82) is 0 Å². The van der Waals surface area contributed by atoms with Gasteiger partial charge < -0.3 is 10.0 Å². The molecular formula is C30H25FN2O2. The molecule has 0 radical (unpaired) electrons. The van der Waals surface area contributed by atoms with Crippen LogP contribution in [0.1, 0.15) is 29.0 Å². The number of nitrogens with zero attached hydrogens (tertiary/aromatic N) is 2. The summed E-state index contributed by atoms with van der Waals surface area (Å²) in [5.74, 6) is -0.281. The number of carbonyl (C=O) groups excluding carboxylic acids is 1. The molecule has 2 aliphatic rings. The number of hydrogen-bond donors (Lipinski definition) is 1. The number of carbonyl (C=O) groups is 1. The maximum Gasteiger partial charge on any atom is 0.251 e.